The average Bonchev–Trinajstić information content (AvgIpc) is 2.36. The maximum Gasteiger partial charge on any atom is 0.422 e. The Bertz CT molecular complexity index is 603. The lowest BCUT2D eigenvalue weighted by molar-refractivity contribution is 0.184. The smallest absolute Gasteiger partial charge is 0.422 e. The number of carboxylic acid groups (broad SMARTS) is 2. The average molecular weight is 348 g/mol. The molecule has 0 radical (unpaired) electrons. The first-order chi connectivity index (χ1) is 10.0. The van der Waals surface area contributed by atoms with Crippen molar-refractivity contribution in [3.63, 3.8) is 0 Å². The summed E-state index contributed by atoms with van der Waals surface area (Å²) in [5.41, 5.74) is 0.0178. The van der Waals surface area contributed by atoms with Crippen molar-refractivity contribution in [2.45, 2.75) is 25.5 Å². The van der Waals surface area contributed by atoms with E-state index in [1.165, 1.54) is 6.07 Å². The second-order valence-corrected chi connectivity index (χ2v) is 7.37. The van der Waals surface area contributed by atoms with Crippen molar-refractivity contribution in [3.8, 4) is 0 Å². The zero-order chi connectivity index (χ0) is 17.1. The Kier molecular flexibility index (Phi) is 5.75. The molecule has 1 heterocycles. The van der Waals surface area contributed by atoms with Gasteiger partial charge in [-0.2, -0.15) is 4.90 Å². The van der Waals surface area contributed by atoms with Crippen LogP contribution in [0.1, 0.15) is 26.5 Å². The molecule has 1 aromatic rings. The Morgan fingerprint density at radius 3 is 2.36 bits per heavy atom. The SMILES string of the molecule is CC(C)(C)[S@+]([O-])/N=C/c1nc(N(C(=O)O)C(=O)O)ccc1Cl. The molecule has 0 spiro atoms. The summed E-state index contributed by atoms with van der Waals surface area (Å²) in [7, 11) is 0. The van der Waals surface area contributed by atoms with Crippen molar-refractivity contribution < 1.29 is 24.4 Å². The van der Waals surface area contributed by atoms with E-state index in [1.807, 2.05) is 0 Å². The molecule has 0 aliphatic heterocycles. The van der Waals surface area contributed by atoms with Gasteiger partial charge in [-0.15, -0.1) is 0 Å². The summed E-state index contributed by atoms with van der Waals surface area (Å²) >= 11 is 4.34. The van der Waals surface area contributed by atoms with Gasteiger partial charge in [0.15, 0.2) is 0 Å². The third-order valence-electron chi connectivity index (χ3n) is 2.26. The molecule has 1 atom stereocenters. The number of carbonyl (C=O) groups is 2. The molecule has 0 aliphatic rings. The molecule has 0 saturated heterocycles. The zero-order valence-corrected chi connectivity index (χ0v) is 13.6. The third-order valence-corrected chi connectivity index (χ3v) is 3.93. The van der Waals surface area contributed by atoms with E-state index in [9.17, 15) is 14.1 Å². The van der Waals surface area contributed by atoms with Crippen LogP contribution < -0.4 is 4.90 Å². The largest absolute Gasteiger partial charge is 0.591 e. The second kappa shape index (κ2) is 6.95. The van der Waals surface area contributed by atoms with Crippen LogP contribution in [0.2, 0.25) is 5.02 Å². The van der Waals surface area contributed by atoms with Gasteiger partial charge >= 0.3 is 12.2 Å². The van der Waals surface area contributed by atoms with Crippen molar-refractivity contribution in [1.29, 1.82) is 0 Å². The highest BCUT2D eigenvalue weighted by Crippen LogP contribution is 2.21. The van der Waals surface area contributed by atoms with Gasteiger partial charge in [-0.1, -0.05) is 16.0 Å². The quantitative estimate of drug-likeness (QED) is 0.639. The van der Waals surface area contributed by atoms with Gasteiger partial charge in [0.1, 0.15) is 33.8 Å². The fourth-order valence-corrected chi connectivity index (χ4v) is 1.86. The fourth-order valence-electron chi connectivity index (χ4n) is 1.20. The van der Waals surface area contributed by atoms with Crippen LogP contribution in [0.5, 0.6) is 0 Å². The zero-order valence-electron chi connectivity index (χ0n) is 12.0. The molecule has 1 rings (SSSR count). The monoisotopic (exact) mass is 347 g/mol. The van der Waals surface area contributed by atoms with Crippen molar-refractivity contribution in [2.75, 3.05) is 4.90 Å². The number of nitrogens with zero attached hydrogens (tertiary/aromatic N) is 3. The van der Waals surface area contributed by atoms with Crippen LogP contribution in [-0.4, -0.2) is 42.9 Å². The molecule has 0 aromatic carbocycles. The van der Waals surface area contributed by atoms with Crippen LogP contribution in [0.15, 0.2) is 16.5 Å². The van der Waals surface area contributed by atoms with E-state index in [-0.39, 0.29) is 21.4 Å². The number of imide groups is 1. The van der Waals surface area contributed by atoms with Gasteiger partial charge in [-0.25, -0.2) is 14.6 Å². The lowest BCUT2D eigenvalue weighted by Gasteiger charge is -2.17. The Morgan fingerprint density at radius 2 is 1.91 bits per heavy atom. The van der Waals surface area contributed by atoms with Crippen LogP contribution in [0.4, 0.5) is 15.4 Å². The van der Waals surface area contributed by atoms with Crippen molar-refractivity contribution in [2.24, 2.45) is 4.40 Å². The first-order valence-corrected chi connectivity index (χ1v) is 7.41. The van der Waals surface area contributed by atoms with E-state index in [1.54, 1.807) is 20.8 Å². The standard InChI is InChI=1S/C12H14ClN3O5S/c1-12(2,3)22(21)14-6-8-7(13)4-5-9(15-8)16(10(17)18)11(19)20/h4-6H,1-3H3,(H,17,18)(H,19,20)/b14-6+/t22-/m0/s1. The Morgan fingerprint density at radius 1 is 1.36 bits per heavy atom. The summed E-state index contributed by atoms with van der Waals surface area (Å²) in [4.78, 5) is 25.7. The molecule has 0 fully saturated rings. The van der Waals surface area contributed by atoms with Crippen LogP contribution in [0.25, 0.3) is 0 Å². The summed E-state index contributed by atoms with van der Waals surface area (Å²) in [6.07, 6.45) is -2.29. The maximum absolute atomic E-state index is 11.8. The molecule has 0 saturated carbocycles. The predicted molar refractivity (Wildman–Crippen MR) is 83.3 cm³/mol. The summed E-state index contributed by atoms with van der Waals surface area (Å²) in [5.74, 6) is -0.354. The van der Waals surface area contributed by atoms with E-state index in [4.69, 9.17) is 21.8 Å². The normalized spacial score (nSPS) is 13.1. The van der Waals surface area contributed by atoms with Gasteiger partial charge < -0.3 is 14.8 Å². The molecule has 2 N–H and O–H groups in total. The molecule has 22 heavy (non-hydrogen) atoms. The molecule has 10 heteroatoms. The number of amides is 2. The number of aromatic nitrogens is 1. The first-order valence-electron chi connectivity index (χ1n) is 5.92. The number of hydrogen-bond donors (Lipinski definition) is 2. The minimum atomic E-state index is -1.71. The van der Waals surface area contributed by atoms with E-state index in [2.05, 4.69) is 9.38 Å². The molecule has 0 unspecified atom stereocenters. The van der Waals surface area contributed by atoms with Gasteiger partial charge in [0.25, 0.3) is 0 Å². The molecular formula is C12H14ClN3O5S. The summed E-state index contributed by atoms with van der Waals surface area (Å²) in [6, 6.07) is 2.42. The number of hydrogen-bond acceptors (Lipinski definition) is 5. The predicted octanol–water partition coefficient (Wildman–Crippen LogP) is 2.78. The van der Waals surface area contributed by atoms with Crippen molar-refractivity contribution in [1.82, 2.24) is 4.98 Å². The molecular weight excluding hydrogens is 334 g/mol. The lowest BCUT2D eigenvalue weighted by Crippen LogP contribution is -2.35. The molecule has 0 aliphatic carbocycles. The van der Waals surface area contributed by atoms with Crippen LogP contribution >= 0.6 is 11.6 Å². The van der Waals surface area contributed by atoms with Crippen LogP contribution in [0.3, 0.4) is 0 Å². The van der Waals surface area contributed by atoms with Gasteiger partial charge in [-0.05, 0) is 32.9 Å². The maximum atomic E-state index is 11.8. The van der Waals surface area contributed by atoms with E-state index < -0.39 is 28.3 Å². The molecule has 0 bridgehead atoms. The van der Waals surface area contributed by atoms with Crippen LogP contribution in [0, 0.1) is 0 Å². The number of halogens is 1. The van der Waals surface area contributed by atoms with Gasteiger partial charge in [0.2, 0.25) is 0 Å². The van der Waals surface area contributed by atoms with E-state index in [0.717, 1.165) is 12.3 Å². The molecule has 1 aromatic heterocycles. The molecule has 8 nitrogen and oxygen atoms in total. The summed E-state index contributed by atoms with van der Waals surface area (Å²) in [5, 5.41) is 17.9. The van der Waals surface area contributed by atoms with Crippen molar-refractivity contribution >= 4 is 47.2 Å². The van der Waals surface area contributed by atoms with Crippen LogP contribution in [-0.2, 0) is 11.4 Å². The fraction of sp³-hybridized carbons (Fsp3) is 0.333. The number of pyridine rings is 1. The van der Waals surface area contributed by atoms with Gasteiger partial charge in [0, 0.05) is 0 Å². The van der Waals surface area contributed by atoms with E-state index >= 15 is 0 Å². The highest BCUT2D eigenvalue weighted by atomic mass is 35.5. The van der Waals surface area contributed by atoms with Crippen molar-refractivity contribution in [3.05, 3.63) is 22.8 Å². The Hall–Kier alpha value is -1.84. The summed E-state index contributed by atoms with van der Waals surface area (Å²) in [6.45, 7) is 5.17. The first kappa shape index (κ1) is 18.2. The minimum Gasteiger partial charge on any atom is -0.591 e. The third kappa shape index (κ3) is 4.58. The second-order valence-electron chi connectivity index (χ2n) is 5.03. The summed E-state index contributed by atoms with van der Waals surface area (Å²) < 4.78 is 15.0. The molecule has 2 amide bonds. The highest BCUT2D eigenvalue weighted by Gasteiger charge is 2.27. The number of anilines is 1. The Labute approximate surface area is 134 Å². The topological polar surface area (TPSA) is 126 Å². The Balaban J connectivity index is 3.18. The van der Waals surface area contributed by atoms with Gasteiger partial charge in [0.05, 0.1) is 5.02 Å². The number of rotatable bonds is 3. The minimum absolute atomic E-state index is 0.0178. The lowest BCUT2D eigenvalue weighted by atomic mass is 10.3. The van der Waals surface area contributed by atoms with E-state index in [0.29, 0.717) is 0 Å². The van der Waals surface area contributed by atoms with Gasteiger partial charge in [-0.3, -0.25) is 0 Å². The highest BCUT2D eigenvalue weighted by molar-refractivity contribution is 7.91. The molecule has 120 valence electrons.